The molecule has 3 rings (SSSR count). The van der Waals surface area contributed by atoms with Crippen LogP contribution in [0.1, 0.15) is 43.4 Å². The van der Waals surface area contributed by atoms with Gasteiger partial charge in [-0.15, -0.1) is 0 Å². The summed E-state index contributed by atoms with van der Waals surface area (Å²) in [6.45, 7) is 1.91. The van der Waals surface area contributed by atoms with Gasteiger partial charge in [0.15, 0.2) is 5.78 Å². The van der Waals surface area contributed by atoms with Crippen molar-refractivity contribution in [2.75, 3.05) is 0 Å². The number of amides is 1. The van der Waals surface area contributed by atoms with E-state index in [1.54, 1.807) is 10.9 Å². The highest BCUT2D eigenvalue weighted by atomic mass is 16.2. The van der Waals surface area contributed by atoms with Crippen molar-refractivity contribution in [2.45, 2.75) is 32.2 Å². The molecule has 1 N–H and O–H groups in total. The third kappa shape index (κ3) is 3.45. The molecule has 0 aliphatic heterocycles. The zero-order chi connectivity index (χ0) is 17.1. The van der Waals surface area contributed by atoms with Gasteiger partial charge in [-0.05, 0) is 24.5 Å². The third-order valence-corrected chi connectivity index (χ3v) is 4.36. The number of aryl methyl sites for hydroxylation is 1. The molecule has 0 saturated heterocycles. The fraction of sp³-hybridized carbons (Fsp3) is 0.316. The van der Waals surface area contributed by atoms with Crippen LogP contribution in [0.2, 0.25) is 0 Å². The molecule has 1 amide bonds. The van der Waals surface area contributed by atoms with Crippen molar-refractivity contribution in [3.05, 3.63) is 59.4 Å². The Labute approximate surface area is 141 Å². The first-order chi connectivity index (χ1) is 11.5. The lowest BCUT2D eigenvalue weighted by atomic mass is 10.00. The number of carbonyl (C=O) groups excluding carboxylic acids is 2. The Morgan fingerprint density at radius 3 is 2.71 bits per heavy atom. The number of ketones is 1. The van der Waals surface area contributed by atoms with Gasteiger partial charge < -0.3 is 5.32 Å². The van der Waals surface area contributed by atoms with E-state index in [-0.39, 0.29) is 24.2 Å². The number of carbonyl (C=O) groups is 2. The second-order valence-corrected chi connectivity index (χ2v) is 6.16. The fourth-order valence-electron chi connectivity index (χ4n) is 3.07. The Balaban J connectivity index is 1.73. The molecule has 2 aromatic rings. The summed E-state index contributed by atoms with van der Waals surface area (Å²) in [5, 5.41) is 7.06. The molecule has 1 aromatic carbocycles. The Hall–Kier alpha value is -2.69. The molecule has 0 saturated carbocycles. The zero-order valence-electron chi connectivity index (χ0n) is 14.0. The summed E-state index contributed by atoms with van der Waals surface area (Å²) in [5.74, 6) is -0.0527. The first-order valence-electron chi connectivity index (χ1n) is 8.13. The van der Waals surface area contributed by atoms with Crippen LogP contribution in [0, 0.1) is 0 Å². The average Bonchev–Trinajstić information content (AvgIpc) is 3.15. The summed E-state index contributed by atoms with van der Waals surface area (Å²) < 4.78 is 1.70. The number of aromatic nitrogens is 2. The van der Waals surface area contributed by atoms with Crippen molar-refractivity contribution < 1.29 is 9.59 Å². The lowest BCUT2D eigenvalue weighted by Crippen LogP contribution is -2.27. The number of benzene rings is 1. The Bertz CT molecular complexity index is 790. The summed E-state index contributed by atoms with van der Waals surface area (Å²) in [7, 11) is 1.84. The number of allylic oxidation sites excluding steroid dienone is 1. The molecule has 1 aromatic heterocycles. The van der Waals surface area contributed by atoms with Gasteiger partial charge in [0.25, 0.3) is 0 Å². The molecule has 0 fully saturated rings. The minimum absolute atomic E-state index is 0.0815. The van der Waals surface area contributed by atoms with Crippen LogP contribution in [0.15, 0.2) is 48.3 Å². The van der Waals surface area contributed by atoms with Crippen molar-refractivity contribution >= 4 is 17.3 Å². The predicted molar refractivity (Wildman–Crippen MR) is 92.0 cm³/mol. The van der Waals surface area contributed by atoms with Gasteiger partial charge >= 0.3 is 0 Å². The zero-order valence-corrected chi connectivity index (χ0v) is 14.0. The molecule has 1 aliphatic rings. The van der Waals surface area contributed by atoms with Crippen LogP contribution < -0.4 is 5.32 Å². The number of nitrogens with one attached hydrogen (secondary N) is 1. The van der Waals surface area contributed by atoms with Gasteiger partial charge in [0.2, 0.25) is 5.91 Å². The topological polar surface area (TPSA) is 64.0 Å². The lowest BCUT2D eigenvalue weighted by Gasteiger charge is -2.13. The highest BCUT2D eigenvalue weighted by molar-refractivity contribution is 6.10. The van der Waals surface area contributed by atoms with Crippen LogP contribution in [0.5, 0.6) is 0 Å². The Morgan fingerprint density at radius 1 is 1.29 bits per heavy atom. The van der Waals surface area contributed by atoms with E-state index in [9.17, 15) is 9.59 Å². The standard InChI is InChI=1S/C19H21N3O2/c1-13(15-11-20-22(2)12-15)21-19(24)10-17-16(8-9-18(17)23)14-6-4-3-5-7-14/h3-7,11-13H,8-10H2,1-2H3,(H,21,24)/t13-/m0/s1. The minimum Gasteiger partial charge on any atom is -0.349 e. The van der Waals surface area contributed by atoms with Crippen molar-refractivity contribution in [1.82, 2.24) is 15.1 Å². The fourth-order valence-corrected chi connectivity index (χ4v) is 3.07. The van der Waals surface area contributed by atoms with Crippen LogP contribution in [0.3, 0.4) is 0 Å². The Morgan fingerprint density at radius 2 is 2.04 bits per heavy atom. The second kappa shape index (κ2) is 6.83. The lowest BCUT2D eigenvalue weighted by molar-refractivity contribution is -0.122. The molecule has 1 atom stereocenters. The van der Waals surface area contributed by atoms with Crippen molar-refractivity contribution in [2.24, 2.45) is 7.05 Å². The molecule has 0 bridgehead atoms. The SMILES string of the molecule is C[C@H](NC(=O)CC1=C(c2ccccc2)CCC1=O)c1cnn(C)c1. The number of hydrogen-bond donors (Lipinski definition) is 1. The maximum Gasteiger partial charge on any atom is 0.225 e. The summed E-state index contributed by atoms with van der Waals surface area (Å²) in [4.78, 5) is 24.6. The van der Waals surface area contributed by atoms with Gasteiger partial charge in [0.1, 0.15) is 0 Å². The highest BCUT2D eigenvalue weighted by Crippen LogP contribution is 2.33. The molecule has 0 unspecified atom stereocenters. The van der Waals surface area contributed by atoms with E-state index >= 15 is 0 Å². The number of Topliss-reactive ketones (excluding diaryl/α,β-unsaturated/α-hetero) is 1. The smallest absolute Gasteiger partial charge is 0.225 e. The largest absolute Gasteiger partial charge is 0.349 e. The summed E-state index contributed by atoms with van der Waals surface area (Å²) >= 11 is 0. The van der Waals surface area contributed by atoms with Gasteiger partial charge in [-0.1, -0.05) is 30.3 Å². The van der Waals surface area contributed by atoms with Gasteiger partial charge in [0.05, 0.1) is 18.7 Å². The molecule has 0 radical (unpaired) electrons. The normalized spacial score (nSPS) is 15.7. The van der Waals surface area contributed by atoms with Crippen LogP contribution in [0.4, 0.5) is 0 Å². The monoisotopic (exact) mass is 323 g/mol. The molecule has 24 heavy (non-hydrogen) atoms. The van der Waals surface area contributed by atoms with E-state index in [1.165, 1.54) is 0 Å². The Kier molecular flexibility index (Phi) is 4.60. The quantitative estimate of drug-likeness (QED) is 0.920. The average molecular weight is 323 g/mol. The first kappa shape index (κ1) is 16.2. The molecule has 5 nitrogen and oxygen atoms in total. The van der Waals surface area contributed by atoms with Gasteiger partial charge in [-0.2, -0.15) is 5.10 Å². The second-order valence-electron chi connectivity index (χ2n) is 6.16. The highest BCUT2D eigenvalue weighted by Gasteiger charge is 2.26. The maximum absolute atomic E-state index is 12.4. The predicted octanol–water partition coefficient (Wildman–Crippen LogP) is 2.80. The number of rotatable bonds is 5. The molecule has 1 aliphatic carbocycles. The van der Waals surface area contributed by atoms with Crippen LogP contribution >= 0.6 is 0 Å². The van der Waals surface area contributed by atoms with E-state index in [0.29, 0.717) is 18.4 Å². The molecular weight excluding hydrogens is 302 g/mol. The van der Waals surface area contributed by atoms with E-state index in [4.69, 9.17) is 0 Å². The number of nitrogens with zero attached hydrogens (tertiary/aromatic N) is 2. The van der Waals surface area contributed by atoms with Crippen LogP contribution in [-0.2, 0) is 16.6 Å². The summed E-state index contributed by atoms with van der Waals surface area (Å²) in [6, 6.07) is 9.70. The molecular formula is C19H21N3O2. The summed E-state index contributed by atoms with van der Waals surface area (Å²) in [5.41, 5.74) is 3.63. The molecule has 0 spiro atoms. The molecule has 5 heteroatoms. The van der Waals surface area contributed by atoms with Crippen molar-refractivity contribution in [3.8, 4) is 0 Å². The van der Waals surface area contributed by atoms with Gasteiger partial charge in [-0.25, -0.2) is 0 Å². The van der Waals surface area contributed by atoms with E-state index in [1.807, 2.05) is 50.5 Å². The minimum atomic E-state index is -0.136. The molecule has 1 heterocycles. The van der Waals surface area contributed by atoms with Crippen LogP contribution in [-0.4, -0.2) is 21.5 Å². The van der Waals surface area contributed by atoms with E-state index in [2.05, 4.69) is 10.4 Å². The van der Waals surface area contributed by atoms with Crippen molar-refractivity contribution in [1.29, 1.82) is 0 Å². The maximum atomic E-state index is 12.4. The van der Waals surface area contributed by atoms with Crippen molar-refractivity contribution in [3.63, 3.8) is 0 Å². The molecule has 124 valence electrons. The van der Waals surface area contributed by atoms with Gasteiger partial charge in [-0.3, -0.25) is 14.3 Å². The number of hydrogen-bond acceptors (Lipinski definition) is 3. The summed E-state index contributed by atoms with van der Waals surface area (Å²) in [6.07, 6.45) is 4.95. The first-order valence-corrected chi connectivity index (χ1v) is 8.13. The van der Waals surface area contributed by atoms with Gasteiger partial charge in [0, 0.05) is 30.8 Å². The van der Waals surface area contributed by atoms with E-state index in [0.717, 1.165) is 16.7 Å². The van der Waals surface area contributed by atoms with Crippen LogP contribution in [0.25, 0.3) is 5.57 Å². The third-order valence-electron chi connectivity index (χ3n) is 4.36. The van der Waals surface area contributed by atoms with E-state index < -0.39 is 0 Å².